The van der Waals surface area contributed by atoms with E-state index >= 15 is 0 Å². The first-order valence-electron chi connectivity index (χ1n) is 5.80. The van der Waals surface area contributed by atoms with Crippen LogP contribution in [0.5, 0.6) is 0 Å². The van der Waals surface area contributed by atoms with Gasteiger partial charge in [-0.15, -0.1) is 0 Å². The van der Waals surface area contributed by atoms with Crippen molar-refractivity contribution in [3.05, 3.63) is 23.7 Å². The van der Waals surface area contributed by atoms with Gasteiger partial charge in [-0.2, -0.15) is 11.8 Å². The smallest absolute Gasteiger partial charge is 0.287 e. The predicted octanol–water partition coefficient (Wildman–Crippen LogP) is 2.42. The van der Waals surface area contributed by atoms with E-state index in [1.165, 1.54) is 0 Å². The van der Waals surface area contributed by atoms with E-state index in [1.54, 1.807) is 51.6 Å². The van der Waals surface area contributed by atoms with Crippen LogP contribution in [0.25, 0.3) is 0 Å². The van der Waals surface area contributed by atoms with Crippen LogP contribution in [0.2, 0.25) is 0 Å². The number of furan rings is 1. The van der Waals surface area contributed by atoms with Crippen molar-refractivity contribution in [2.45, 2.75) is 44.6 Å². The zero-order chi connectivity index (χ0) is 14.0. The number of aliphatic hydroxyl groups is 1. The van der Waals surface area contributed by atoms with E-state index in [4.69, 9.17) is 4.42 Å². The summed E-state index contributed by atoms with van der Waals surface area (Å²) in [5.41, 5.74) is -1.76. The molecule has 1 rings (SSSR count). The molecule has 0 aliphatic rings. The minimum absolute atomic E-state index is 0.274. The fourth-order valence-corrected chi connectivity index (χ4v) is 1.66. The van der Waals surface area contributed by atoms with Gasteiger partial charge < -0.3 is 14.8 Å². The van der Waals surface area contributed by atoms with Crippen LogP contribution in [-0.2, 0) is 5.75 Å². The van der Waals surface area contributed by atoms with Gasteiger partial charge in [-0.25, -0.2) is 0 Å². The molecule has 1 aromatic heterocycles. The first-order chi connectivity index (χ1) is 8.17. The maximum Gasteiger partial charge on any atom is 0.287 e. The van der Waals surface area contributed by atoms with Gasteiger partial charge in [0.05, 0.1) is 16.9 Å². The Balaban J connectivity index is 2.76. The lowest BCUT2D eigenvalue weighted by Gasteiger charge is -2.37. The molecule has 0 bridgehead atoms. The molecule has 18 heavy (non-hydrogen) atoms. The summed E-state index contributed by atoms with van der Waals surface area (Å²) in [5, 5.41) is 12.8. The Morgan fingerprint density at radius 3 is 2.50 bits per heavy atom. The molecule has 0 aromatic carbocycles. The molecule has 2 N–H and O–H groups in total. The molecule has 102 valence electrons. The van der Waals surface area contributed by atoms with Gasteiger partial charge in [-0.1, -0.05) is 0 Å². The number of nitrogens with one attached hydrogen (secondary N) is 1. The second kappa shape index (κ2) is 5.36. The third kappa shape index (κ3) is 3.53. The fourth-order valence-electron chi connectivity index (χ4n) is 1.22. The van der Waals surface area contributed by atoms with Crippen LogP contribution < -0.4 is 5.32 Å². The van der Waals surface area contributed by atoms with Crippen molar-refractivity contribution in [3.8, 4) is 0 Å². The van der Waals surface area contributed by atoms with Gasteiger partial charge in [-0.05, 0) is 46.1 Å². The third-order valence-corrected chi connectivity index (χ3v) is 3.70. The minimum Gasteiger partial charge on any atom is -0.455 e. The van der Waals surface area contributed by atoms with Crippen molar-refractivity contribution >= 4 is 17.7 Å². The highest BCUT2D eigenvalue weighted by molar-refractivity contribution is 7.97. The number of carbonyl (C=O) groups is 1. The lowest BCUT2D eigenvalue weighted by atomic mass is 9.86. The molecule has 0 aliphatic carbocycles. The SMILES string of the molecule is CSCc1ccc(C(=O)NC(C)(C)C(C)(C)O)o1. The summed E-state index contributed by atoms with van der Waals surface area (Å²) in [6.07, 6.45) is 1.97. The number of carbonyl (C=O) groups excluding carboxylic acids is 1. The van der Waals surface area contributed by atoms with Crippen LogP contribution in [0, 0.1) is 0 Å². The Morgan fingerprint density at radius 1 is 1.39 bits per heavy atom. The number of thioether (sulfide) groups is 1. The summed E-state index contributed by atoms with van der Waals surface area (Å²) < 4.78 is 5.43. The number of hydrogen-bond donors (Lipinski definition) is 2. The van der Waals surface area contributed by atoms with Crippen LogP contribution in [0.4, 0.5) is 0 Å². The zero-order valence-corrected chi connectivity index (χ0v) is 12.4. The molecule has 0 atom stereocenters. The van der Waals surface area contributed by atoms with Crippen molar-refractivity contribution in [2.75, 3.05) is 6.26 Å². The van der Waals surface area contributed by atoms with E-state index in [0.29, 0.717) is 0 Å². The molecule has 0 saturated heterocycles. The molecule has 0 aliphatic heterocycles. The van der Waals surface area contributed by atoms with E-state index in [2.05, 4.69) is 5.32 Å². The van der Waals surface area contributed by atoms with Crippen molar-refractivity contribution in [3.63, 3.8) is 0 Å². The quantitative estimate of drug-likeness (QED) is 0.863. The van der Waals surface area contributed by atoms with Gasteiger partial charge in [0.25, 0.3) is 5.91 Å². The molecule has 0 saturated carbocycles. The average Bonchev–Trinajstić information content (AvgIpc) is 2.64. The lowest BCUT2D eigenvalue weighted by molar-refractivity contribution is -0.00342. The summed E-state index contributed by atoms with van der Waals surface area (Å²) in [6.45, 7) is 6.87. The highest BCUT2D eigenvalue weighted by Gasteiger charge is 2.37. The fraction of sp³-hybridized carbons (Fsp3) is 0.615. The Bertz CT molecular complexity index is 418. The molecule has 1 aromatic rings. The molecular weight excluding hydrogens is 250 g/mol. The maximum atomic E-state index is 12.0. The van der Waals surface area contributed by atoms with Crippen molar-refractivity contribution in [2.24, 2.45) is 0 Å². The Kier molecular flexibility index (Phi) is 4.50. The Labute approximate surface area is 112 Å². The predicted molar refractivity (Wildman–Crippen MR) is 73.8 cm³/mol. The monoisotopic (exact) mass is 271 g/mol. The molecule has 4 nitrogen and oxygen atoms in total. The molecule has 0 fully saturated rings. The molecule has 1 heterocycles. The second-order valence-electron chi connectivity index (χ2n) is 5.34. The average molecular weight is 271 g/mol. The van der Waals surface area contributed by atoms with Gasteiger partial charge >= 0.3 is 0 Å². The largest absolute Gasteiger partial charge is 0.455 e. The van der Waals surface area contributed by atoms with E-state index in [1.807, 2.05) is 6.26 Å². The van der Waals surface area contributed by atoms with Crippen LogP contribution >= 0.6 is 11.8 Å². The van der Waals surface area contributed by atoms with Crippen molar-refractivity contribution < 1.29 is 14.3 Å². The van der Waals surface area contributed by atoms with Crippen LogP contribution in [0.15, 0.2) is 16.5 Å². The zero-order valence-electron chi connectivity index (χ0n) is 11.5. The molecule has 0 spiro atoms. The van der Waals surface area contributed by atoms with E-state index < -0.39 is 11.1 Å². The summed E-state index contributed by atoms with van der Waals surface area (Å²) >= 11 is 1.63. The first-order valence-corrected chi connectivity index (χ1v) is 7.19. The second-order valence-corrected chi connectivity index (χ2v) is 6.20. The highest BCUT2D eigenvalue weighted by atomic mass is 32.2. The van der Waals surface area contributed by atoms with E-state index in [0.717, 1.165) is 11.5 Å². The summed E-state index contributed by atoms with van der Waals surface area (Å²) in [6, 6.07) is 3.45. The lowest BCUT2D eigenvalue weighted by Crippen LogP contribution is -2.57. The molecule has 1 amide bonds. The van der Waals surface area contributed by atoms with Crippen LogP contribution in [0.3, 0.4) is 0 Å². The molecule has 5 heteroatoms. The molecular formula is C13H21NO3S. The summed E-state index contributed by atoms with van der Waals surface area (Å²) in [4.78, 5) is 12.0. The van der Waals surface area contributed by atoms with Gasteiger partial charge in [0.15, 0.2) is 5.76 Å². The molecule has 0 radical (unpaired) electrons. The normalized spacial score (nSPS) is 12.6. The summed E-state index contributed by atoms with van der Waals surface area (Å²) in [7, 11) is 0. The van der Waals surface area contributed by atoms with E-state index in [9.17, 15) is 9.90 Å². The van der Waals surface area contributed by atoms with Crippen molar-refractivity contribution in [1.29, 1.82) is 0 Å². The standard InChI is InChI=1S/C13H21NO3S/c1-12(2,13(3,4)16)14-11(15)10-7-6-9(17-10)8-18-5/h6-7,16H,8H2,1-5H3,(H,14,15). The van der Waals surface area contributed by atoms with Crippen LogP contribution in [-0.4, -0.2) is 28.4 Å². The topological polar surface area (TPSA) is 62.5 Å². The van der Waals surface area contributed by atoms with Crippen LogP contribution in [0.1, 0.15) is 44.0 Å². The van der Waals surface area contributed by atoms with E-state index in [-0.39, 0.29) is 11.7 Å². The van der Waals surface area contributed by atoms with Gasteiger partial charge in [0.1, 0.15) is 5.76 Å². The number of amides is 1. The van der Waals surface area contributed by atoms with Crippen molar-refractivity contribution in [1.82, 2.24) is 5.32 Å². The number of rotatable bonds is 5. The third-order valence-electron chi connectivity index (χ3n) is 3.13. The minimum atomic E-state index is -1.02. The van der Waals surface area contributed by atoms with Gasteiger partial charge in [-0.3, -0.25) is 4.79 Å². The molecule has 0 unspecified atom stereocenters. The van der Waals surface area contributed by atoms with Gasteiger partial charge in [0.2, 0.25) is 0 Å². The Hall–Kier alpha value is -0.940. The van der Waals surface area contributed by atoms with Gasteiger partial charge in [0, 0.05) is 0 Å². The first kappa shape index (κ1) is 15.1. The summed E-state index contributed by atoms with van der Waals surface area (Å²) in [5.74, 6) is 1.47. The Morgan fingerprint density at radius 2 is 2.00 bits per heavy atom. The number of hydrogen-bond acceptors (Lipinski definition) is 4. The highest BCUT2D eigenvalue weighted by Crippen LogP contribution is 2.21. The maximum absolute atomic E-state index is 12.0.